The number of Topliss-reactive ketones (excluding diaryl/α,β-unsaturated/α-hetero) is 1. The summed E-state index contributed by atoms with van der Waals surface area (Å²) in [5.41, 5.74) is 3.38. The molecular weight excluding hydrogens is 486 g/mol. The summed E-state index contributed by atoms with van der Waals surface area (Å²) in [6.45, 7) is 18.1. The third-order valence-corrected chi connectivity index (χ3v) is 11.3. The molecule has 1 aliphatic carbocycles. The largest absolute Gasteiger partial charge is 0.456 e. The smallest absolute Gasteiger partial charge is 0.388 e. The van der Waals surface area contributed by atoms with E-state index >= 15 is 0 Å². The molecule has 202 valence electrons. The maximum atomic E-state index is 13.5. The molecule has 1 heterocycles. The summed E-state index contributed by atoms with van der Waals surface area (Å²) in [5, 5.41) is -0.131. The minimum absolute atomic E-state index is 0.0662. The molecular formula is C29H41NO6Si. The van der Waals surface area contributed by atoms with Gasteiger partial charge in [0.1, 0.15) is 11.3 Å². The van der Waals surface area contributed by atoms with Crippen molar-refractivity contribution in [3.63, 3.8) is 0 Å². The van der Waals surface area contributed by atoms with Gasteiger partial charge in [-0.05, 0) is 81.4 Å². The molecule has 0 radical (unpaired) electrons. The number of fused-ring (bicyclic) bond motifs is 1. The molecule has 0 saturated carbocycles. The van der Waals surface area contributed by atoms with E-state index < -0.39 is 19.9 Å². The molecule has 0 N–H and O–H groups in total. The Morgan fingerprint density at radius 3 is 2.14 bits per heavy atom. The lowest BCUT2D eigenvalue weighted by Gasteiger charge is -2.33. The van der Waals surface area contributed by atoms with Crippen LogP contribution in [0.3, 0.4) is 0 Å². The quantitative estimate of drug-likeness (QED) is 0.173. The summed E-state index contributed by atoms with van der Waals surface area (Å²) >= 11 is 0. The van der Waals surface area contributed by atoms with Crippen molar-refractivity contribution in [1.82, 2.24) is 4.57 Å². The monoisotopic (exact) mass is 527 g/mol. The summed E-state index contributed by atoms with van der Waals surface area (Å²) < 4.78 is 13.2. The number of nitrogens with zero attached hydrogens (tertiary/aromatic N) is 1. The first-order valence-electron chi connectivity index (χ1n) is 13.1. The van der Waals surface area contributed by atoms with Gasteiger partial charge in [-0.3, -0.25) is 4.79 Å². The number of carbonyl (C=O) groups excluding carboxylic acids is 3. The highest BCUT2D eigenvalue weighted by atomic mass is 28.4. The van der Waals surface area contributed by atoms with Crippen LogP contribution in [0.15, 0.2) is 24.3 Å². The number of ketones is 1. The van der Waals surface area contributed by atoms with Crippen LogP contribution in [0.5, 0.6) is 0 Å². The number of ether oxygens (including phenoxy) is 1. The minimum Gasteiger partial charge on any atom is -0.456 e. The number of hydrogen-bond donors (Lipinski definition) is 0. The van der Waals surface area contributed by atoms with E-state index in [1.807, 2.05) is 57.5 Å². The number of rotatable bonds is 7. The molecule has 0 saturated heterocycles. The number of aromatic nitrogens is 1. The van der Waals surface area contributed by atoms with Gasteiger partial charge in [0.05, 0.1) is 5.56 Å². The van der Waals surface area contributed by atoms with Gasteiger partial charge in [0.2, 0.25) is 0 Å². The van der Waals surface area contributed by atoms with Gasteiger partial charge in [-0.2, -0.15) is 0 Å². The van der Waals surface area contributed by atoms with Crippen LogP contribution in [-0.2, 0) is 33.6 Å². The highest BCUT2D eigenvalue weighted by Gasteiger charge is 2.41. The lowest BCUT2D eigenvalue weighted by Crippen LogP contribution is -2.41. The number of benzene rings is 1. The van der Waals surface area contributed by atoms with Crippen LogP contribution in [0.25, 0.3) is 0 Å². The number of hydrogen-bond acceptors (Lipinski definition) is 6. The SMILES string of the molecule is CCc1c2c(n(Cc3ccc(C(=O)OC(C)(C)C)cc3)c1C(=O)OO[Si](C)(C)C(C)(C)C)CCCC2=O. The molecule has 0 spiro atoms. The van der Waals surface area contributed by atoms with E-state index in [2.05, 4.69) is 20.8 Å². The summed E-state index contributed by atoms with van der Waals surface area (Å²) in [5.74, 6) is -0.894. The standard InChI is InChI=1S/C29H41NO6Si/c1-10-21-24-22(12-11-13-23(24)31)30(25(21)27(33)35-36-37(8,9)29(5,6)7)18-19-14-16-20(17-15-19)26(32)34-28(2,3)4/h14-17H,10-13,18H2,1-9H3. The fourth-order valence-electron chi connectivity index (χ4n) is 4.18. The number of carbonyl (C=O) groups is 3. The van der Waals surface area contributed by atoms with Crippen LogP contribution in [0.1, 0.15) is 109 Å². The van der Waals surface area contributed by atoms with Crippen molar-refractivity contribution in [1.29, 1.82) is 0 Å². The minimum atomic E-state index is -2.34. The average Bonchev–Trinajstić information content (AvgIpc) is 3.10. The van der Waals surface area contributed by atoms with Gasteiger partial charge in [0, 0.05) is 24.2 Å². The van der Waals surface area contributed by atoms with E-state index in [1.165, 1.54) is 0 Å². The summed E-state index contributed by atoms with van der Waals surface area (Å²) in [4.78, 5) is 44.3. The predicted octanol–water partition coefficient (Wildman–Crippen LogP) is 6.67. The van der Waals surface area contributed by atoms with E-state index in [1.54, 1.807) is 12.1 Å². The second-order valence-corrected chi connectivity index (χ2v) is 17.0. The average molecular weight is 528 g/mol. The molecule has 0 bridgehead atoms. The van der Waals surface area contributed by atoms with E-state index in [9.17, 15) is 14.4 Å². The topological polar surface area (TPSA) is 83.8 Å². The highest BCUT2D eigenvalue weighted by Crippen LogP contribution is 2.37. The van der Waals surface area contributed by atoms with Gasteiger partial charge in [0.15, 0.2) is 5.78 Å². The third kappa shape index (κ3) is 6.41. The molecule has 0 unspecified atom stereocenters. The Bertz CT molecular complexity index is 1180. The number of esters is 1. The molecule has 3 rings (SSSR count). The van der Waals surface area contributed by atoms with Crippen molar-refractivity contribution in [2.24, 2.45) is 0 Å². The lowest BCUT2D eigenvalue weighted by atomic mass is 9.92. The van der Waals surface area contributed by atoms with E-state index in [-0.39, 0.29) is 16.8 Å². The van der Waals surface area contributed by atoms with Crippen molar-refractivity contribution in [2.75, 3.05) is 0 Å². The Morgan fingerprint density at radius 1 is 0.973 bits per heavy atom. The Hall–Kier alpha value is -2.71. The van der Waals surface area contributed by atoms with Crippen LogP contribution in [0, 0.1) is 0 Å². The fourth-order valence-corrected chi connectivity index (χ4v) is 4.71. The van der Waals surface area contributed by atoms with Crippen molar-refractivity contribution >= 4 is 26.0 Å². The zero-order valence-electron chi connectivity index (χ0n) is 23.7. The van der Waals surface area contributed by atoms with E-state index in [0.717, 1.165) is 17.7 Å². The first kappa shape index (κ1) is 28.9. The molecule has 0 fully saturated rings. The van der Waals surface area contributed by atoms with Gasteiger partial charge < -0.3 is 14.2 Å². The predicted molar refractivity (Wildman–Crippen MR) is 145 cm³/mol. The summed E-state index contributed by atoms with van der Waals surface area (Å²) in [6.07, 6.45) is 2.46. The highest BCUT2D eigenvalue weighted by molar-refractivity contribution is 6.73. The van der Waals surface area contributed by atoms with Crippen LogP contribution in [-0.4, -0.2) is 36.2 Å². The Morgan fingerprint density at radius 2 is 1.59 bits per heavy atom. The van der Waals surface area contributed by atoms with E-state index in [0.29, 0.717) is 48.2 Å². The van der Waals surface area contributed by atoms with Gasteiger partial charge in [-0.25, -0.2) is 14.2 Å². The molecule has 0 amide bonds. The molecule has 37 heavy (non-hydrogen) atoms. The van der Waals surface area contributed by atoms with Crippen LogP contribution < -0.4 is 0 Å². The molecule has 0 atom stereocenters. The van der Waals surface area contributed by atoms with Gasteiger partial charge in [0.25, 0.3) is 8.32 Å². The van der Waals surface area contributed by atoms with Gasteiger partial charge in [-0.1, -0.05) is 39.8 Å². The Labute approximate surface area is 221 Å². The molecule has 1 aliphatic rings. The fraction of sp³-hybridized carbons (Fsp3) is 0.552. The summed E-state index contributed by atoms with van der Waals surface area (Å²) in [6, 6.07) is 7.15. The molecule has 2 aromatic rings. The second kappa shape index (κ2) is 10.6. The normalized spacial score (nSPS) is 14.4. The van der Waals surface area contributed by atoms with Crippen molar-refractivity contribution in [3.8, 4) is 0 Å². The van der Waals surface area contributed by atoms with Crippen molar-refractivity contribution in [3.05, 3.63) is 57.9 Å². The van der Waals surface area contributed by atoms with E-state index in [4.69, 9.17) is 14.2 Å². The zero-order chi connectivity index (χ0) is 27.8. The van der Waals surface area contributed by atoms with Gasteiger partial charge in [-0.15, -0.1) is 0 Å². The lowest BCUT2D eigenvalue weighted by molar-refractivity contribution is -0.164. The van der Waals surface area contributed by atoms with Crippen molar-refractivity contribution in [2.45, 2.75) is 104 Å². The van der Waals surface area contributed by atoms with Gasteiger partial charge >= 0.3 is 11.9 Å². The van der Waals surface area contributed by atoms with Crippen LogP contribution in [0.2, 0.25) is 18.1 Å². The van der Waals surface area contributed by atoms with Crippen molar-refractivity contribution < 1.29 is 28.6 Å². The van der Waals surface area contributed by atoms with Crippen LogP contribution in [0.4, 0.5) is 0 Å². The Balaban J connectivity index is 1.97. The molecule has 1 aromatic heterocycles. The molecule has 7 nitrogen and oxygen atoms in total. The zero-order valence-corrected chi connectivity index (χ0v) is 24.7. The second-order valence-electron chi connectivity index (χ2n) is 12.3. The van der Waals surface area contributed by atoms with Crippen LogP contribution >= 0.6 is 0 Å². The Kier molecular flexibility index (Phi) is 8.24. The first-order valence-corrected chi connectivity index (χ1v) is 16.0. The first-order chi connectivity index (χ1) is 17.1. The molecule has 8 heteroatoms. The third-order valence-electron chi connectivity index (χ3n) is 7.18. The molecule has 1 aromatic carbocycles. The maximum Gasteiger partial charge on any atom is 0.388 e. The summed E-state index contributed by atoms with van der Waals surface area (Å²) in [7, 11) is -2.34. The maximum absolute atomic E-state index is 13.5. The molecule has 0 aliphatic heterocycles.